The molecule has 5 nitrogen and oxygen atoms in total. The predicted octanol–water partition coefficient (Wildman–Crippen LogP) is 3.98. The average molecular weight is 392 g/mol. The number of nitrogens with two attached hydrogens (primary N) is 1. The van der Waals surface area contributed by atoms with E-state index in [0.717, 1.165) is 9.77 Å². The van der Waals surface area contributed by atoms with Crippen LogP contribution in [0.3, 0.4) is 0 Å². The molecule has 0 aliphatic rings. The van der Waals surface area contributed by atoms with Gasteiger partial charge in [-0.25, -0.2) is 18.4 Å². The molecular weight excluding hydrogens is 374 g/mol. The Morgan fingerprint density at radius 2 is 1.84 bits per heavy atom. The molecule has 0 aliphatic carbocycles. The molecule has 1 aromatic carbocycles. The van der Waals surface area contributed by atoms with Gasteiger partial charge in [-0.05, 0) is 67.4 Å². The summed E-state index contributed by atoms with van der Waals surface area (Å²) < 4.78 is 25.1. The van der Waals surface area contributed by atoms with Crippen molar-refractivity contribution in [3.63, 3.8) is 0 Å². The lowest BCUT2D eigenvalue weighted by atomic mass is 10.2. The molecule has 0 spiro atoms. The summed E-state index contributed by atoms with van der Waals surface area (Å²) in [6.45, 7) is 3.47. The number of benzene rings is 1. The first kappa shape index (κ1) is 17.9. The Balaban J connectivity index is 1.87. The number of anilines is 1. The zero-order valence-corrected chi connectivity index (χ0v) is 16.2. The van der Waals surface area contributed by atoms with Gasteiger partial charge in [0.25, 0.3) is 0 Å². The summed E-state index contributed by atoms with van der Waals surface area (Å²) in [5, 5.41) is 2.41. The highest BCUT2D eigenvalue weighted by atomic mass is 32.2. The smallest absolute Gasteiger partial charge is 0.194 e. The molecule has 0 fully saturated rings. The quantitative estimate of drug-likeness (QED) is 0.662. The Labute approximate surface area is 155 Å². The largest absolute Gasteiger partial charge is 0.384 e. The maximum Gasteiger partial charge on any atom is 0.194 e. The molecule has 0 unspecified atom stereocenters. The third kappa shape index (κ3) is 3.56. The van der Waals surface area contributed by atoms with E-state index in [2.05, 4.69) is 9.97 Å². The van der Waals surface area contributed by atoms with Gasteiger partial charge in [0.2, 0.25) is 0 Å². The lowest BCUT2D eigenvalue weighted by Gasteiger charge is -2.23. The highest BCUT2D eigenvalue weighted by Gasteiger charge is 2.38. The van der Waals surface area contributed by atoms with Gasteiger partial charge in [-0.1, -0.05) is 6.07 Å². The van der Waals surface area contributed by atoms with E-state index in [0.29, 0.717) is 15.9 Å². The third-order valence-electron chi connectivity index (χ3n) is 3.78. The van der Waals surface area contributed by atoms with Crippen LogP contribution in [0.1, 0.15) is 18.7 Å². The summed E-state index contributed by atoms with van der Waals surface area (Å²) in [7, 11) is -3.51. The van der Waals surface area contributed by atoms with Crippen LogP contribution in [0.15, 0.2) is 69.0 Å². The van der Waals surface area contributed by atoms with Gasteiger partial charge in [0.15, 0.2) is 15.0 Å². The Morgan fingerprint density at radius 3 is 2.44 bits per heavy atom. The minimum atomic E-state index is -3.51. The number of rotatable bonds is 5. The van der Waals surface area contributed by atoms with Crippen molar-refractivity contribution in [1.82, 2.24) is 9.97 Å². The van der Waals surface area contributed by atoms with Gasteiger partial charge >= 0.3 is 0 Å². The minimum Gasteiger partial charge on any atom is -0.384 e. The Bertz CT molecular complexity index is 967. The Hall–Kier alpha value is -1.90. The third-order valence-corrected chi connectivity index (χ3v) is 8.45. The van der Waals surface area contributed by atoms with Gasteiger partial charge in [-0.3, -0.25) is 0 Å². The summed E-state index contributed by atoms with van der Waals surface area (Å²) in [5.74, 6) is 0.398. The number of thiophene rings is 1. The fourth-order valence-corrected chi connectivity index (χ4v) is 5.63. The summed E-state index contributed by atoms with van der Waals surface area (Å²) in [6, 6.07) is 12.1. The fraction of sp³-hybridized carbons (Fsp3) is 0.176. The summed E-state index contributed by atoms with van der Waals surface area (Å²) in [5.41, 5.74) is 5.64. The van der Waals surface area contributed by atoms with Gasteiger partial charge in [-0.2, -0.15) is 0 Å². The second kappa shape index (κ2) is 6.78. The number of hydrogen-bond acceptors (Lipinski definition) is 7. The van der Waals surface area contributed by atoms with Crippen molar-refractivity contribution in [1.29, 1.82) is 0 Å². The van der Waals surface area contributed by atoms with E-state index in [1.54, 1.807) is 50.4 Å². The monoisotopic (exact) mass is 391 g/mol. The van der Waals surface area contributed by atoms with Crippen molar-refractivity contribution in [2.75, 3.05) is 5.73 Å². The van der Waals surface area contributed by atoms with Crippen LogP contribution in [0.2, 0.25) is 0 Å². The molecule has 2 heterocycles. The van der Waals surface area contributed by atoms with E-state index in [1.165, 1.54) is 23.1 Å². The molecule has 8 heteroatoms. The molecule has 0 saturated heterocycles. The van der Waals surface area contributed by atoms with Crippen LogP contribution < -0.4 is 5.73 Å². The lowest BCUT2D eigenvalue weighted by Crippen LogP contribution is -2.28. The molecular formula is C17H17N3O2S3. The maximum atomic E-state index is 13.0. The van der Waals surface area contributed by atoms with Crippen molar-refractivity contribution < 1.29 is 8.42 Å². The van der Waals surface area contributed by atoms with Crippen molar-refractivity contribution in [2.45, 2.75) is 33.5 Å². The fourth-order valence-electron chi connectivity index (χ4n) is 2.24. The Kier molecular flexibility index (Phi) is 4.86. The summed E-state index contributed by atoms with van der Waals surface area (Å²) in [6.07, 6.45) is 1.59. The molecule has 0 amide bonds. The van der Waals surface area contributed by atoms with Crippen LogP contribution in [0.25, 0.3) is 0 Å². The first-order chi connectivity index (χ1) is 11.8. The molecule has 25 heavy (non-hydrogen) atoms. The van der Waals surface area contributed by atoms with E-state index < -0.39 is 14.6 Å². The molecule has 0 atom stereocenters. The van der Waals surface area contributed by atoms with E-state index in [-0.39, 0.29) is 0 Å². The van der Waals surface area contributed by atoms with E-state index in [9.17, 15) is 8.42 Å². The van der Waals surface area contributed by atoms with Crippen LogP contribution in [-0.4, -0.2) is 18.4 Å². The van der Waals surface area contributed by atoms with Crippen molar-refractivity contribution in [2.24, 2.45) is 0 Å². The highest BCUT2D eigenvalue weighted by molar-refractivity contribution is 7.99. The second-order valence-corrected chi connectivity index (χ2v) is 10.3. The van der Waals surface area contributed by atoms with Crippen LogP contribution in [-0.2, 0) is 14.6 Å². The number of sulfone groups is 1. The normalized spacial score (nSPS) is 12.2. The molecule has 2 aromatic heterocycles. The van der Waals surface area contributed by atoms with Crippen molar-refractivity contribution >= 4 is 38.8 Å². The molecule has 0 aliphatic heterocycles. The molecule has 3 aromatic rings. The highest BCUT2D eigenvalue weighted by Crippen LogP contribution is 2.38. The van der Waals surface area contributed by atoms with Crippen molar-refractivity contribution in [3.05, 3.63) is 58.9 Å². The summed E-state index contributed by atoms with van der Waals surface area (Å²) >= 11 is 2.78. The molecule has 0 saturated carbocycles. The number of hydrogen-bond donors (Lipinski definition) is 1. The lowest BCUT2D eigenvalue weighted by molar-refractivity contribution is 0.557. The SMILES string of the molecule is CC(C)(c1cccs1)S(=O)(=O)c1ccc(Sc2nccc(N)n2)cc1. The zero-order chi connectivity index (χ0) is 18.1. The molecule has 3 rings (SSSR count). The van der Waals surface area contributed by atoms with Crippen molar-refractivity contribution in [3.8, 4) is 0 Å². The number of nitrogens with zero attached hydrogens (tertiary/aromatic N) is 2. The molecule has 0 bridgehead atoms. The maximum absolute atomic E-state index is 13.0. The van der Waals surface area contributed by atoms with Crippen LogP contribution in [0, 0.1) is 0 Å². The standard InChI is InChI=1S/C17H17N3O2S3/c1-17(2,14-4-3-11-23-14)25(21,22)13-7-5-12(6-8-13)24-16-19-10-9-15(18)20-16/h3-11H,1-2H3,(H2,18,19,20). The molecule has 2 N–H and O–H groups in total. The molecule has 0 radical (unpaired) electrons. The second-order valence-electron chi connectivity index (χ2n) is 5.83. The number of nitrogen functional groups attached to an aromatic ring is 1. The first-order valence-electron chi connectivity index (χ1n) is 7.46. The minimum absolute atomic E-state index is 0.295. The van der Waals surface area contributed by atoms with Gasteiger partial charge in [0.1, 0.15) is 10.6 Å². The summed E-state index contributed by atoms with van der Waals surface area (Å²) in [4.78, 5) is 10.2. The van der Waals surface area contributed by atoms with E-state index in [1.807, 2.05) is 17.5 Å². The van der Waals surface area contributed by atoms with E-state index in [4.69, 9.17) is 5.73 Å². The van der Waals surface area contributed by atoms with Crippen LogP contribution in [0.5, 0.6) is 0 Å². The zero-order valence-electron chi connectivity index (χ0n) is 13.7. The predicted molar refractivity (Wildman–Crippen MR) is 102 cm³/mol. The van der Waals surface area contributed by atoms with Gasteiger partial charge in [-0.15, -0.1) is 11.3 Å². The van der Waals surface area contributed by atoms with E-state index >= 15 is 0 Å². The van der Waals surface area contributed by atoms with Gasteiger partial charge in [0.05, 0.1) is 4.90 Å². The van der Waals surface area contributed by atoms with Crippen LogP contribution >= 0.6 is 23.1 Å². The topological polar surface area (TPSA) is 85.9 Å². The molecule has 130 valence electrons. The average Bonchev–Trinajstić information content (AvgIpc) is 3.10. The van der Waals surface area contributed by atoms with Gasteiger partial charge < -0.3 is 5.73 Å². The Morgan fingerprint density at radius 1 is 1.12 bits per heavy atom. The van der Waals surface area contributed by atoms with Crippen LogP contribution in [0.4, 0.5) is 5.82 Å². The number of aromatic nitrogens is 2. The van der Waals surface area contributed by atoms with Gasteiger partial charge in [0, 0.05) is 16.0 Å². The first-order valence-corrected chi connectivity index (χ1v) is 10.6.